The Labute approximate surface area is 152 Å². The Bertz CT molecular complexity index is 718. The number of rotatable bonds is 4. The van der Waals surface area contributed by atoms with Gasteiger partial charge in [-0.1, -0.05) is 37.8 Å². The van der Waals surface area contributed by atoms with Crippen molar-refractivity contribution < 1.29 is 9.18 Å². The number of thiazole rings is 1. The molecule has 134 valence electrons. The van der Waals surface area contributed by atoms with Crippen molar-refractivity contribution in [3.05, 3.63) is 51.2 Å². The van der Waals surface area contributed by atoms with Crippen LogP contribution in [0.2, 0.25) is 0 Å². The first-order chi connectivity index (χ1) is 12.0. The summed E-state index contributed by atoms with van der Waals surface area (Å²) in [5.74, 6) is -0.146. The van der Waals surface area contributed by atoms with Crippen molar-refractivity contribution in [2.75, 3.05) is 7.05 Å². The number of nitrogens with zero attached hydrogens (tertiary/aromatic N) is 2. The molecule has 25 heavy (non-hydrogen) atoms. The van der Waals surface area contributed by atoms with E-state index in [2.05, 4.69) is 4.98 Å². The van der Waals surface area contributed by atoms with Crippen molar-refractivity contribution >= 4 is 17.2 Å². The van der Waals surface area contributed by atoms with Crippen LogP contribution >= 0.6 is 11.3 Å². The molecule has 0 bridgehead atoms. The minimum absolute atomic E-state index is 0.0901. The topological polar surface area (TPSA) is 33.2 Å². The first-order valence-electron chi connectivity index (χ1n) is 9.02. The molecule has 0 atom stereocenters. The van der Waals surface area contributed by atoms with E-state index >= 15 is 0 Å². The molecule has 1 aromatic heterocycles. The van der Waals surface area contributed by atoms with Gasteiger partial charge in [0.05, 0.1) is 10.7 Å². The molecule has 0 spiro atoms. The molecule has 0 N–H and O–H groups in total. The van der Waals surface area contributed by atoms with Crippen LogP contribution in [-0.4, -0.2) is 28.9 Å². The van der Waals surface area contributed by atoms with E-state index in [9.17, 15) is 9.18 Å². The van der Waals surface area contributed by atoms with E-state index in [1.165, 1.54) is 49.2 Å². The molecule has 3 rings (SSSR count). The van der Waals surface area contributed by atoms with Crippen molar-refractivity contribution in [3.8, 4) is 0 Å². The Morgan fingerprint density at radius 1 is 1.20 bits per heavy atom. The van der Waals surface area contributed by atoms with Crippen molar-refractivity contribution in [2.24, 2.45) is 0 Å². The smallest absolute Gasteiger partial charge is 0.265 e. The number of amides is 1. The van der Waals surface area contributed by atoms with E-state index in [-0.39, 0.29) is 11.7 Å². The van der Waals surface area contributed by atoms with Gasteiger partial charge in [-0.25, -0.2) is 9.37 Å². The fourth-order valence-corrected chi connectivity index (χ4v) is 4.56. The number of halogens is 1. The van der Waals surface area contributed by atoms with E-state index in [0.29, 0.717) is 12.5 Å². The largest absolute Gasteiger partial charge is 0.338 e. The van der Waals surface area contributed by atoms with Crippen molar-refractivity contribution in [1.82, 2.24) is 9.88 Å². The molecule has 0 unspecified atom stereocenters. The Morgan fingerprint density at radius 2 is 1.84 bits per heavy atom. The van der Waals surface area contributed by atoms with Crippen LogP contribution in [0.15, 0.2) is 24.3 Å². The van der Waals surface area contributed by atoms with E-state index in [4.69, 9.17) is 0 Å². The number of aromatic nitrogens is 1. The van der Waals surface area contributed by atoms with E-state index in [1.54, 1.807) is 12.1 Å². The van der Waals surface area contributed by atoms with Crippen LogP contribution in [0.3, 0.4) is 0 Å². The van der Waals surface area contributed by atoms with Crippen molar-refractivity contribution in [2.45, 2.75) is 57.9 Å². The monoisotopic (exact) mass is 360 g/mol. The summed E-state index contributed by atoms with van der Waals surface area (Å²) in [5.41, 5.74) is 1.80. The minimum Gasteiger partial charge on any atom is -0.338 e. The summed E-state index contributed by atoms with van der Waals surface area (Å²) in [4.78, 5) is 20.2. The number of benzene rings is 1. The molecule has 1 heterocycles. The summed E-state index contributed by atoms with van der Waals surface area (Å²) in [6.07, 6.45) is 7.80. The van der Waals surface area contributed by atoms with Crippen LogP contribution in [-0.2, 0) is 6.42 Å². The molecule has 1 aliphatic carbocycles. The molecule has 5 heteroatoms. The zero-order chi connectivity index (χ0) is 17.8. The fourth-order valence-electron chi connectivity index (χ4n) is 3.47. The SMILES string of the molecule is Cc1nc(Cc2ccc(F)cc2)sc1C(=O)N(C)C1CCCCCC1. The Kier molecular flexibility index (Phi) is 5.84. The van der Waals surface area contributed by atoms with Gasteiger partial charge in [0.25, 0.3) is 5.91 Å². The number of hydrogen-bond acceptors (Lipinski definition) is 3. The zero-order valence-electron chi connectivity index (χ0n) is 14.9. The molecular weight excluding hydrogens is 335 g/mol. The van der Waals surface area contributed by atoms with Gasteiger partial charge in [-0.2, -0.15) is 0 Å². The second-order valence-electron chi connectivity index (χ2n) is 6.89. The van der Waals surface area contributed by atoms with Gasteiger partial charge in [-0.3, -0.25) is 4.79 Å². The Morgan fingerprint density at radius 3 is 2.48 bits per heavy atom. The maximum Gasteiger partial charge on any atom is 0.265 e. The van der Waals surface area contributed by atoms with Crippen LogP contribution in [0.1, 0.15) is 64.5 Å². The van der Waals surface area contributed by atoms with Gasteiger partial charge >= 0.3 is 0 Å². The lowest BCUT2D eigenvalue weighted by atomic mass is 10.1. The molecule has 2 aromatic rings. The molecule has 1 saturated carbocycles. The van der Waals surface area contributed by atoms with Crippen molar-refractivity contribution in [1.29, 1.82) is 0 Å². The Balaban J connectivity index is 1.72. The third-order valence-corrected chi connectivity index (χ3v) is 6.14. The summed E-state index contributed by atoms with van der Waals surface area (Å²) in [6, 6.07) is 6.80. The van der Waals surface area contributed by atoms with Crippen LogP contribution in [0.5, 0.6) is 0 Å². The average Bonchev–Trinajstić information content (AvgIpc) is 2.81. The highest BCUT2D eigenvalue weighted by atomic mass is 32.1. The van der Waals surface area contributed by atoms with Gasteiger partial charge < -0.3 is 4.90 Å². The summed E-state index contributed by atoms with van der Waals surface area (Å²) < 4.78 is 13.0. The maximum atomic E-state index is 13.0. The second kappa shape index (κ2) is 8.09. The first kappa shape index (κ1) is 18.1. The van der Waals surface area contributed by atoms with E-state index in [1.807, 2.05) is 18.9 Å². The van der Waals surface area contributed by atoms with Gasteiger partial charge in [-0.15, -0.1) is 11.3 Å². The fraction of sp³-hybridized carbons (Fsp3) is 0.500. The highest BCUT2D eigenvalue weighted by Gasteiger charge is 2.25. The van der Waals surface area contributed by atoms with Gasteiger partial charge in [-0.05, 0) is 37.5 Å². The Hall–Kier alpha value is -1.75. The zero-order valence-corrected chi connectivity index (χ0v) is 15.7. The highest BCUT2D eigenvalue weighted by Crippen LogP contribution is 2.26. The van der Waals surface area contributed by atoms with Crippen LogP contribution in [0.4, 0.5) is 4.39 Å². The molecule has 3 nitrogen and oxygen atoms in total. The van der Waals surface area contributed by atoms with Crippen LogP contribution < -0.4 is 0 Å². The molecule has 0 radical (unpaired) electrons. The summed E-state index contributed by atoms with van der Waals surface area (Å²) in [5, 5.41) is 0.904. The predicted octanol–water partition coefficient (Wildman–Crippen LogP) is 4.98. The summed E-state index contributed by atoms with van der Waals surface area (Å²) in [7, 11) is 1.93. The van der Waals surface area contributed by atoms with E-state index < -0.39 is 0 Å². The number of aryl methyl sites for hydroxylation is 1. The van der Waals surface area contributed by atoms with Gasteiger partial charge in [0, 0.05) is 19.5 Å². The third-order valence-electron chi connectivity index (χ3n) is 5.00. The third kappa shape index (κ3) is 4.46. The lowest BCUT2D eigenvalue weighted by molar-refractivity contribution is 0.0721. The molecular formula is C20H25FN2OS. The summed E-state index contributed by atoms with van der Waals surface area (Å²) in [6.45, 7) is 1.90. The van der Waals surface area contributed by atoms with Gasteiger partial charge in [0.15, 0.2) is 0 Å². The van der Waals surface area contributed by atoms with Gasteiger partial charge in [0.2, 0.25) is 0 Å². The number of carbonyl (C=O) groups excluding carboxylic acids is 1. The quantitative estimate of drug-likeness (QED) is 0.721. The first-order valence-corrected chi connectivity index (χ1v) is 9.84. The molecule has 1 aliphatic rings. The van der Waals surface area contributed by atoms with Crippen LogP contribution in [0, 0.1) is 12.7 Å². The maximum absolute atomic E-state index is 13.0. The van der Waals surface area contributed by atoms with Crippen molar-refractivity contribution in [3.63, 3.8) is 0 Å². The molecule has 0 saturated heterocycles. The molecule has 1 aromatic carbocycles. The molecule has 1 fully saturated rings. The predicted molar refractivity (Wildman–Crippen MR) is 99.6 cm³/mol. The number of hydrogen-bond donors (Lipinski definition) is 0. The molecule has 1 amide bonds. The summed E-state index contributed by atoms with van der Waals surface area (Å²) >= 11 is 1.47. The van der Waals surface area contributed by atoms with E-state index in [0.717, 1.165) is 34.0 Å². The normalized spacial score (nSPS) is 15.8. The minimum atomic E-state index is -0.236. The molecule has 0 aliphatic heterocycles. The van der Waals surface area contributed by atoms with Gasteiger partial charge in [0.1, 0.15) is 10.7 Å². The standard InChI is InChI=1S/C20H25FN2OS/c1-14-19(20(24)23(2)17-7-5-3-4-6-8-17)25-18(22-14)13-15-9-11-16(21)12-10-15/h9-12,17H,3-8,13H2,1-2H3. The van der Waals surface area contributed by atoms with Crippen LogP contribution in [0.25, 0.3) is 0 Å². The lowest BCUT2D eigenvalue weighted by Crippen LogP contribution is -2.36. The average molecular weight is 360 g/mol. The number of carbonyl (C=O) groups is 1. The lowest BCUT2D eigenvalue weighted by Gasteiger charge is -2.26. The highest BCUT2D eigenvalue weighted by molar-refractivity contribution is 7.13. The second-order valence-corrected chi connectivity index (χ2v) is 7.97.